The van der Waals surface area contributed by atoms with Crippen LogP contribution >= 0.6 is 0 Å². The predicted octanol–water partition coefficient (Wildman–Crippen LogP) is 2.70. The number of hydrogen-bond acceptors (Lipinski definition) is 2. The summed E-state index contributed by atoms with van der Waals surface area (Å²) in [4.78, 5) is 25.7. The molecule has 1 saturated carbocycles. The van der Waals surface area contributed by atoms with Gasteiger partial charge in [0.2, 0.25) is 11.8 Å². The molecular weight excluding hydrogens is 286 g/mol. The van der Waals surface area contributed by atoms with E-state index in [-0.39, 0.29) is 23.7 Å². The molecule has 2 bridgehead atoms. The zero-order valence-electron chi connectivity index (χ0n) is 12.5. The summed E-state index contributed by atoms with van der Waals surface area (Å²) < 4.78 is 0. The van der Waals surface area contributed by atoms with E-state index in [0.29, 0.717) is 0 Å². The lowest BCUT2D eigenvalue weighted by Crippen LogP contribution is -2.65. The van der Waals surface area contributed by atoms with Crippen molar-refractivity contribution in [2.75, 3.05) is 0 Å². The molecule has 1 saturated heterocycles. The first kappa shape index (κ1) is 12.1. The summed E-state index contributed by atoms with van der Waals surface area (Å²) in [5.74, 6) is -0.0688. The molecule has 5 aliphatic rings. The van der Waals surface area contributed by atoms with Crippen molar-refractivity contribution in [3.63, 3.8) is 0 Å². The quantitative estimate of drug-likeness (QED) is 0.761. The Bertz CT molecular complexity index is 811. The molecule has 2 atom stereocenters. The highest BCUT2D eigenvalue weighted by atomic mass is 16.2. The van der Waals surface area contributed by atoms with E-state index < -0.39 is 10.8 Å². The Morgan fingerprint density at radius 1 is 0.696 bits per heavy atom. The van der Waals surface area contributed by atoms with Gasteiger partial charge in [0.05, 0.1) is 10.8 Å². The number of rotatable bonds is 0. The Hall–Kier alpha value is -2.42. The van der Waals surface area contributed by atoms with Crippen molar-refractivity contribution < 1.29 is 9.59 Å². The largest absolute Gasteiger partial charge is 0.295 e. The number of carbonyl (C=O) groups is 2. The van der Waals surface area contributed by atoms with Gasteiger partial charge in [-0.05, 0) is 35.1 Å². The highest BCUT2D eigenvalue weighted by molar-refractivity contribution is 6.14. The molecule has 2 fully saturated rings. The zero-order chi connectivity index (χ0) is 15.4. The van der Waals surface area contributed by atoms with Crippen molar-refractivity contribution in [2.45, 2.75) is 24.7 Å². The molecule has 3 heteroatoms. The van der Waals surface area contributed by atoms with Crippen LogP contribution < -0.4 is 5.32 Å². The molecular formula is C20H15NO2. The van der Waals surface area contributed by atoms with E-state index in [4.69, 9.17) is 0 Å². The van der Waals surface area contributed by atoms with Crippen molar-refractivity contribution in [1.82, 2.24) is 5.32 Å². The van der Waals surface area contributed by atoms with E-state index >= 15 is 0 Å². The summed E-state index contributed by atoms with van der Waals surface area (Å²) in [6, 6.07) is 16.8. The minimum Gasteiger partial charge on any atom is -0.295 e. The fraction of sp³-hybridized carbons (Fsp3) is 0.300. The van der Waals surface area contributed by atoms with Crippen LogP contribution in [0, 0.1) is 10.8 Å². The van der Waals surface area contributed by atoms with Gasteiger partial charge in [-0.15, -0.1) is 0 Å². The second-order valence-electron chi connectivity index (χ2n) is 7.35. The second kappa shape index (κ2) is 3.40. The number of hydrogen-bond donors (Lipinski definition) is 1. The van der Waals surface area contributed by atoms with E-state index in [9.17, 15) is 9.59 Å². The Labute approximate surface area is 133 Å². The average Bonchev–Trinajstić information content (AvgIpc) is 2.72. The molecule has 2 amide bonds. The van der Waals surface area contributed by atoms with Crippen LogP contribution in [0.3, 0.4) is 0 Å². The molecule has 4 aliphatic carbocycles. The highest BCUT2D eigenvalue weighted by Gasteiger charge is 2.81. The number of amides is 2. The van der Waals surface area contributed by atoms with Crippen LogP contribution in [-0.4, -0.2) is 11.8 Å². The fourth-order valence-corrected chi connectivity index (χ4v) is 6.16. The van der Waals surface area contributed by atoms with Crippen molar-refractivity contribution in [1.29, 1.82) is 0 Å². The Kier molecular flexibility index (Phi) is 1.78. The molecule has 3 nitrogen and oxygen atoms in total. The molecule has 0 radical (unpaired) electrons. The summed E-state index contributed by atoms with van der Waals surface area (Å²) in [6.07, 6.45) is 1.63. The number of benzene rings is 2. The molecule has 112 valence electrons. The third kappa shape index (κ3) is 0.956. The maximum atomic E-state index is 12.9. The predicted molar refractivity (Wildman–Crippen MR) is 83.8 cm³/mol. The van der Waals surface area contributed by atoms with Gasteiger partial charge >= 0.3 is 0 Å². The number of nitrogens with one attached hydrogen (secondary N) is 1. The summed E-state index contributed by atoms with van der Waals surface area (Å²) in [5.41, 5.74) is 3.87. The highest BCUT2D eigenvalue weighted by Crippen LogP contribution is 2.79. The van der Waals surface area contributed by atoms with E-state index in [0.717, 1.165) is 12.8 Å². The lowest BCUT2D eigenvalue weighted by Gasteiger charge is -2.65. The Balaban J connectivity index is 1.81. The van der Waals surface area contributed by atoms with Crippen molar-refractivity contribution in [3.8, 4) is 0 Å². The van der Waals surface area contributed by atoms with Gasteiger partial charge in [0.15, 0.2) is 0 Å². The minimum atomic E-state index is -0.558. The SMILES string of the molecule is O=C1NC(=O)[C@@]23CC[C@@]12C1c2ccccc2C3c2ccccc21. The van der Waals surface area contributed by atoms with Crippen LogP contribution in [0.15, 0.2) is 48.5 Å². The van der Waals surface area contributed by atoms with E-state index in [1.807, 2.05) is 24.3 Å². The summed E-state index contributed by atoms with van der Waals surface area (Å²) in [6.45, 7) is 0. The summed E-state index contributed by atoms with van der Waals surface area (Å²) >= 11 is 0. The van der Waals surface area contributed by atoms with Crippen molar-refractivity contribution >= 4 is 11.8 Å². The average molecular weight is 301 g/mol. The lowest BCUT2D eigenvalue weighted by atomic mass is 9.33. The Morgan fingerprint density at radius 2 is 1.04 bits per heavy atom. The first-order chi connectivity index (χ1) is 11.2. The molecule has 1 aliphatic heterocycles. The number of imide groups is 1. The topological polar surface area (TPSA) is 46.2 Å². The molecule has 0 spiro atoms. The van der Waals surface area contributed by atoms with Gasteiger partial charge in [0.25, 0.3) is 0 Å². The van der Waals surface area contributed by atoms with Crippen LogP contribution in [0.2, 0.25) is 0 Å². The van der Waals surface area contributed by atoms with E-state index in [1.54, 1.807) is 0 Å². The van der Waals surface area contributed by atoms with Crippen LogP contribution in [0.1, 0.15) is 46.9 Å². The van der Waals surface area contributed by atoms with Gasteiger partial charge in [0, 0.05) is 11.8 Å². The molecule has 23 heavy (non-hydrogen) atoms. The van der Waals surface area contributed by atoms with Gasteiger partial charge in [-0.3, -0.25) is 14.9 Å². The molecule has 1 N–H and O–H groups in total. The van der Waals surface area contributed by atoms with E-state index in [2.05, 4.69) is 29.6 Å². The van der Waals surface area contributed by atoms with Gasteiger partial charge in [-0.1, -0.05) is 48.5 Å². The lowest BCUT2D eigenvalue weighted by molar-refractivity contribution is -0.160. The van der Waals surface area contributed by atoms with Gasteiger partial charge in [-0.2, -0.15) is 0 Å². The molecule has 2 aromatic rings. The normalized spacial score (nSPS) is 38.1. The van der Waals surface area contributed by atoms with Crippen LogP contribution in [0.25, 0.3) is 0 Å². The fourth-order valence-electron chi connectivity index (χ4n) is 6.16. The molecule has 0 aromatic heterocycles. The maximum absolute atomic E-state index is 12.9. The monoisotopic (exact) mass is 301 g/mol. The third-order valence-corrected chi connectivity index (χ3v) is 6.97. The third-order valence-electron chi connectivity index (χ3n) is 6.97. The van der Waals surface area contributed by atoms with Gasteiger partial charge < -0.3 is 0 Å². The minimum absolute atomic E-state index is 0.0140. The molecule has 7 rings (SSSR count). The van der Waals surface area contributed by atoms with Gasteiger partial charge in [0.1, 0.15) is 0 Å². The van der Waals surface area contributed by atoms with Crippen molar-refractivity contribution in [3.05, 3.63) is 70.8 Å². The smallest absolute Gasteiger partial charge is 0.234 e. The standard InChI is InChI=1S/C20H15NO2/c22-17-19-9-10-20(19,18(23)21-17)16-12-6-2-1-5-11(12)15(19)13-7-3-4-8-14(13)16/h1-8,15-16H,9-10H2,(H,21,22,23)/t15?,16?,19-,20+. The summed E-state index contributed by atoms with van der Waals surface area (Å²) in [5, 5.41) is 2.69. The first-order valence-corrected chi connectivity index (χ1v) is 8.25. The molecule has 1 heterocycles. The van der Waals surface area contributed by atoms with Crippen LogP contribution in [-0.2, 0) is 9.59 Å². The van der Waals surface area contributed by atoms with Crippen LogP contribution in [0.5, 0.6) is 0 Å². The van der Waals surface area contributed by atoms with Crippen LogP contribution in [0.4, 0.5) is 0 Å². The number of carbonyl (C=O) groups excluding carboxylic acids is 2. The van der Waals surface area contributed by atoms with Crippen molar-refractivity contribution in [2.24, 2.45) is 10.8 Å². The molecule has 0 unspecified atom stereocenters. The molecule has 2 aromatic carbocycles. The van der Waals surface area contributed by atoms with E-state index in [1.165, 1.54) is 22.3 Å². The maximum Gasteiger partial charge on any atom is 0.234 e. The zero-order valence-corrected chi connectivity index (χ0v) is 12.5. The summed E-state index contributed by atoms with van der Waals surface area (Å²) in [7, 11) is 0. The first-order valence-electron chi connectivity index (χ1n) is 8.25. The Morgan fingerprint density at radius 3 is 1.35 bits per heavy atom. The van der Waals surface area contributed by atoms with Gasteiger partial charge in [-0.25, -0.2) is 0 Å². The second-order valence-corrected chi connectivity index (χ2v) is 7.35.